The van der Waals surface area contributed by atoms with Crippen LogP contribution < -0.4 is 19.5 Å². The van der Waals surface area contributed by atoms with Crippen molar-refractivity contribution in [1.29, 1.82) is 5.26 Å². The van der Waals surface area contributed by atoms with Gasteiger partial charge in [0.15, 0.2) is 11.5 Å². The summed E-state index contributed by atoms with van der Waals surface area (Å²) in [5, 5.41) is 14.4. The second kappa shape index (κ2) is 11.8. The number of anilines is 2. The Bertz CT molecular complexity index is 1380. The lowest BCUT2D eigenvalue weighted by atomic mass is 10.1. The molecule has 1 aromatic heterocycles. The van der Waals surface area contributed by atoms with Crippen LogP contribution in [0.3, 0.4) is 0 Å². The first-order valence-electron chi connectivity index (χ1n) is 13.0. The maximum atomic E-state index is 9.76. The van der Waals surface area contributed by atoms with E-state index in [1.807, 2.05) is 0 Å². The standard InChI is InChI=1S/C26H29Cl2N5O3/c1-32-6-8-33(9-7-32)5-4-10-36-25-13-21-18(11-24(25)35-3)26(17(15-29)16-30-21)31-22-14-23(34-2)20(28)12-19(22)27/h11-14,16H,4-10H2,1-3H3,(H,30,31)/i1D3. The summed E-state index contributed by atoms with van der Waals surface area (Å²) in [6.45, 7) is 1.68. The molecule has 0 unspecified atom stereocenters. The minimum absolute atomic E-state index is 0.321. The van der Waals surface area contributed by atoms with Crippen LogP contribution in [0.15, 0.2) is 30.5 Å². The number of piperazine rings is 1. The Hall–Kier alpha value is -2.96. The molecule has 8 nitrogen and oxygen atoms in total. The van der Waals surface area contributed by atoms with Crippen LogP contribution in [-0.2, 0) is 0 Å². The average molecular weight is 533 g/mol. The number of nitrogens with zero attached hydrogens (tertiary/aromatic N) is 4. The lowest BCUT2D eigenvalue weighted by Gasteiger charge is -2.32. The number of nitriles is 1. The molecule has 3 aromatic rings. The Morgan fingerprint density at radius 1 is 1.06 bits per heavy atom. The summed E-state index contributed by atoms with van der Waals surface area (Å²) in [5.41, 5.74) is 1.95. The summed E-state index contributed by atoms with van der Waals surface area (Å²) in [6.07, 6.45) is 2.25. The van der Waals surface area contributed by atoms with Gasteiger partial charge in [-0.3, -0.25) is 4.98 Å². The van der Waals surface area contributed by atoms with E-state index >= 15 is 0 Å². The molecular weight excluding hydrogens is 501 g/mol. The molecule has 0 amide bonds. The van der Waals surface area contributed by atoms with Gasteiger partial charge in [0.1, 0.15) is 11.8 Å². The van der Waals surface area contributed by atoms with Crippen molar-refractivity contribution in [2.24, 2.45) is 0 Å². The number of pyridine rings is 1. The number of ether oxygens (including phenoxy) is 3. The Morgan fingerprint density at radius 3 is 2.53 bits per heavy atom. The number of likely N-dealkylation sites (N-methyl/N-ethyl adjacent to an activating group) is 1. The van der Waals surface area contributed by atoms with E-state index < -0.39 is 6.98 Å². The van der Waals surface area contributed by atoms with E-state index in [2.05, 4.69) is 21.3 Å². The zero-order chi connectivity index (χ0) is 28.2. The van der Waals surface area contributed by atoms with Crippen LogP contribution in [0.5, 0.6) is 17.2 Å². The van der Waals surface area contributed by atoms with Crippen LogP contribution in [0.4, 0.5) is 11.4 Å². The van der Waals surface area contributed by atoms with Crippen molar-refractivity contribution in [2.45, 2.75) is 6.42 Å². The van der Waals surface area contributed by atoms with Gasteiger partial charge in [0, 0.05) is 60.6 Å². The maximum Gasteiger partial charge on any atom is 0.163 e. The number of hydrogen-bond donors (Lipinski definition) is 1. The van der Waals surface area contributed by atoms with Crippen molar-refractivity contribution < 1.29 is 18.3 Å². The number of aromatic nitrogens is 1. The van der Waals surface area contributed by atoms with Gasteiger partial charge in [-0.05, 0) is 25.5 Å². The number of nitrogens with one attached hydrogen (secondary N) is 1. The van der Waals surface area contributed by atoms with Crippen LogP contribution in [0.1, 0.15) is 16.1 Å². The molecule has 1 aliphatic heterocycles. The van der Waals surface area contributed by atoms with E-state index in [9.17, 15) is 5.26 Å². The van der Waals surface area contributed by atoms with Crippen LogP contribution in [0, 0.1) is 11.3 Å². The molecule has 2 heterocycles. The molecule has 0 spiro atoms. The van der Waals surface area contributed by atoms with Crippen molar-refractivity contribution in [3.8, 4) is 23.3 Å². The van der Waals surface area contributed by atoms with Crippen molar-refractivity contribution >= 4 is 45.5 Å². The number of methoxy groups -OCH3 is 2. The largest absolute Gasteiger partial charge is 0.495 e. The fourth-order valence-electron chi connectivity index (χ4n) is 4.05. The summed E-state index contributed by atoms with van der Waals surface area (Å²) in [5.74, 6) is 1.47. The molecule has 1 N–H and O–H groups in total. The first kappa shape index (κ1) is 22.3. The SMILES string of the molecule is [2H]C([2H])([2H])N1CCN(CCCOc2cc3ncc(C#N)c(Nc4cc(OC)c(Cl)cc4Cl)c3cc2OC)CC1. The maximum absolute atomic E-state index is 9.76. The normalized spacial score (nSPS) is 16.0. The van der Waals surface area contributed by atoms with Gasteiger partial charge in [-0.25, -0.2) is 0 Å². The van der Waals surface area contributed by atoms with Gasteiger partial charge in [0.25, 0.3) is 0 Å². The number of halogens is 2. The third-order valence-corrected chi connectivity index (χ3v) is 6.63. The van der Waals surface area contributed by atoms with Crippen molar-refractivity contribution in [1.82, 2.24) is 14.8 Å². The second-order valence-electron chi connectivity index (χ2n) is 8.30. The molecule has 0 aliphatic carbocycles. The number of hydrogen-bond acceptors (Lipinski definition) is 8. The number of rotatable bonds is 9. The minimum Gasteiger partial charge on any atom is -0.495 e. The van der Waals surface area contributed by atoms with Gasteiger partial charge in [0.2, 0.25) is 0 Å². The van der Waals surface area contributed by atoms with Crippen LogP contribution in [0.25, 0.3) is 10.9 Å². The van der Waals surface area contributed by atoms with E-state index in [-0.39, 0.29) is 0 Å². The zero-order valence-electron chi connectivity index (χ0n) is 23.1. The molecule has 10 heteroatoms. The van der Waals surface area contributed by atoms with E-state index in [0.717, 1.165) is 13.0 Å². The van der Waals surface area contributed by atoms with Crippen molar-refractivity contribution in [2.75, 3.05) is 65.8 Å². The molecule has 190 valence electrons. The lowest BCUT2D eigenvalue weighted by Crippen LogP contribution is -2.44. The molecule has 2 aromatic carbocycles. The highest BCUT2D eigenvalue weighted by Crippen LogP contribution is 2.40. The summed E-state index contributed by atoms with van der Waals surface area (Å²) < 4.78 is 39.6. The van der Waals surface area contributed by atoms with Gasteiger partial charge < -0.3 is 29.3 Å². The first-order chi connectivity index (χ1) is 18.6. The molecule has 0 radical (unpaired) electrons. The second-order valence-corrected chi connectivity index (χ2v) is 9.12. The lowest BCUT2D eigenvalue weighted by molar-refractivity contribution is 0.145. The Morgan fingerprint density at radius 2 is 1.83 bits per heavy atom. The zero-order valence-corrected chi connectivity index (χ0v) is 21.6. The third kappa shape index (κ3) is 5.88. The number of benzene rings is 2. The Kier molecular flexibility index (Phi) is 7.33. The van der Waals surface area contributed by atoms with Crippen LogP contribution in [-0.4, -0.2) is 75.3 Å². The first-order valence-corrected chi connectivity index (χ1v) is 12.2. The van der Waals surface area contributed by atoms with Crippen molar-refractivity contribution in [3.63, 3.8) is 0 Å². The number of fused-ring (bicyclic) bond motifs is 1. The summed E-state index contributed by atoms with van der Waals surface area (Å²) >= 11 is 12.6. The fraction of sp³-hybridized carbons (Fsp3) is 0.385. The smallest absolute Gasteiger partial charge is 0.163 e. The monoisotopic (exact) mass is 532 g/mol. The highest BCUT2D eigenvalue weighted by molar-refractivity contribution is 6.37. The van der Waals surface area contributed by atoms with Gasteiger partial charge in [-0.2, -0.15) is 5.26 Å². The average Bonchev–Trinajstić information content (AvgIpc) is 2.92. The van der Waals surface area contributed by atoms with Gasteiger partial charge >= 0.3 is 0 Å². The Balaban J connectivity index is 1.49. The predicted octanol–water partition coefficient (Wildman–Crippen LogP) is 5.19. The molecule has 1 saturated heterocycles. The summed E-state index contributed by atoms with van der Waals surface area (Å²) in [7, 11) is 3.06. The highest BCUT2D eigenvalue weighted by atomic mass is 35.5. The molecular formula is C26H29Cl2N5O3. The fourth-order valence-corrected chi connectivity index (χ4v) is 4.56. The molecule has 4 rings (SSSR count). The van der Waals surface area contributed by atoms with E-state index in [1.54, 1.807) is 31.4 Å². The highest BCUT2D eigenvalue weighted by Gasteiger charge is 2.17. The Labute approximate surface area is 225 Å². The molecule has 1 fully saturated rings. The molecule has 0 atom stereocenters. The third-order valence-electron chi connectivity index (χ3n) is 6.02. The summed E-state index contributed by atoms with van der Waals surface area (Å²) in [4.78, 5) is 8.23. The van der Waals surface area contributed by atoms with Gasteiger partial charge in [-0.1, -0.05) is 23.2 Å². The van der Waals surface area contributed by atoms with Gasteiger partial charge in [0.05, 0.1) is 53.3 Å². The topological polar surface area (TPSA) is 82.9 Å². The molecule has 36 heavy (non-hydrogen) atoms. The molecule has 0 saturated carbocycles. The van der Waals surface area contributed by atoms with E-state index in [1.165, 1.54) is 18.2 Å². The van der Waals surface area contributed by atoms with E-state index in [0.29, 0.717) is 87.9 Å². The quantitative estimate of drug-likeness (QED) is 0.377. The van der Waals surface area contributed by atoms with Gasteiger partial charge in [-0.15, -0.1) is 0 Å². The van der Waals surface area contributed by atoms with Crippen LogP contribution >= 0.6 is 23.2 Å². The predicted molar refractivity (Wildman–Crippen MR) is 143 cm³/mol. The minimum atomic E-state index is -2.03. The van der Waals surface area contributed by atoms with E-state index in [4.69, 9.17) is 41.5 Å². The molecule has 1 aliphatic rings. The van der Waals surface area contributed by atoms with Crippen LogP contribution in [0.2, 0.25) is 10.0 Å². The van der Waals surface area contributed by atoms with Crippen molar-refractivity contribution in [3.05, 3.63) is 46.1 Å². The molecule has 0 bridgehead atoms. The summed E-state index contributed by atoms with van der Waals surface area (Å²) in [6, 6.07) is 8.95.